The Labute approximate surface area is 509 Å². The third-order valence-electron chi connectivity index (χ3n) is 18.1. The van der Waals surface area contributed by atoms with Crippen molar-refractivity contribution in [2.24, 2.45) is 0 Å². The number of piperazine rings is 1. The lowest BCUT2D eigenvalue weighted by Crippen LogP contribution is -2.55. The molecule has 6 aliphatic rings. The summed E-state index contributed by atoms with van der Waals surface area (Å²) in [6.45, 7) is 10.3. The van der Waals surface area contributed by atoms with Crippen molar-refractivity contribution in [1.29, 1.82) is 5.26 Å². The molecule has 5 aromatic rings. The van der Waals surface area contributed by atoms with Gasteiger partial charge in [0.05, 0.1) is 80.7 Å². The van der Waals surface area contributed by atoms with E-state index in [1.165, 1.54) is 0 Å². The predicted molar refractivity (Wildman–Crippen MR) is 333 cm³/mol. The number of nitriles is 1. The zero-order valence-electron chi connectivity index (χ0n) is 50.1. The number of halogens is 1. The summed E-state index contributed by atoms with van der Waals surface area (Å²) >= 11 is 6.81. The number of aromatic nitrogens is 4. The molecule has 0 bridgehead atoms. The molecule has 5 aliphatic heterocycles. The van der Waals surface area contributed by atoms with Gasteiger partial charge < -0.3 is 59.0 Å². The predicted octanol–water partition coefficient (Wildman–Crippen LogP) is 7.78. The van der Waals surface area contributed by atoms with Crippen LogP contribution in [0.25, 0.3) is 10.8 Å². The molecule has 4 fully saturated rings. The van der Waals surface area contributed by atoms with E-state index in [4.69, 9.17) is 45.5 Å². The Morgan fingerprint density at radius 1 is 0.872 bits per heavy atom. The summed E-state index contributed by atoms with van der Waals surface area (Å²) in [5.74, 6) is 2.13. The SMILES string of the molecule is CC[C@@H]1C(=O)N(C)c2cnc(Nc3ccc(C(=O)NCCOCCOC4CCN(C/C=C/C(=O)N5CCN(c6nc(OC[C@@H]7CCCN7C)nc7c6CCN(c6cccc8cccc(Cl)c68)C7)C[C@@H]5CC#N)CC4)cc3OC)nc2N1C1CCCC1. The molecule has 456 valence electrons. The van der Waals surface area contributed by atoms with E-state index in [0.717, 1.165) is 128 Å². The molecule has 1 aliphatic carbocycles. The van der Waals surface area contributed by atoms with Crippen LogP contribution in [0, 0.1) is 11.3 Å². The first-order valence-corrected chi connectivity index (χ1v) is 31.2. The van der Waals surface area contributed by atoms with Crippen molar-refractivity contribution in [2.75, 3.05) is 131 Å². The molecule has 22 heteroatoms. The number of hydrogen-bond acceptors (Lipinski definition) is 18. The minimum atomic E-state index is -0.316. The number of likely N-dealkylation sites (N-methyl/N-ethyl adjacent to an activating group) is 2. The molecule has 3 saturated heterocycles. The molecule has 3 atom stereocenters. The van der Waals surface area contributed by atoms with E-state index >= 15 is 0 Å². The van der Waals surface area contributed by atoms with Gasteiger partial charge in [-0.2, -0.15) is 20.2 Å². The van der Waals surface area contributed by atoms with Gasteiger partial charge in [-0.05, 0) is 101 Å². The van der Waals surface area contributed by atoms with Gasteiger partial charge >= 0.3 is 6.01 Å². The van der Waals surface area contributed by atoms with Crippen LogP contribution in [0.15, 0.2) is 72.9 Å². The molecule has 1 saturated carbocycles. The molecule has 2 aromatic heterocycles. The van der Waals surface area contributed by atoms with Gasteiger partial charge in [0, 0.05) is 99.8 Å². The number of amides is 3. The number of anilines is 6. The maximum absolute atomic E-state index is 13.9. The second kappa shape index (κ2) is 28.0. The van der Waals surface area contributed by atoms with E-state index in [1.54, 1.807) is 49.5 Å². The highest BCUT2D eigenvalue weighted by Crippen LogP contribution is 2.42. The van der Waals surface area contributed by atoms with E-state index in [0.29, 0.717) is 113 Å². The summed E-state index contributed by atoms with van der Waals surface area (Å²) in [4.78, 5) is 75.0. The first-order valence-electron chi connectivity index (χ1n) is 30.8. The smallest absolute Gasteiger partial charge is 0.318 e. The summed E-state index contributed by atoms with van der Waals surface area (Å²) in [6.07, 6.45) is 15.3. The second-order valence-electron chi connectivity index (χ2n) is 23.4. The Bertz CT molecular complexity index is 3290. The van der Waals surface area contributed by atoms with Crippen LogP contribution in [-0.4, -0.2) is 189 Å². The summed E-state index contributed by atoms with van der Waals surface area (Å²) in [6, 6.07) is 20.2. The first-order chi connectivity index (χ1) is 42.0. The first kappa shape index (κ1) is 60.3. The number of piperidine rings is 1. The molecular weight excluding hydrogens is 1110 g/mol. The lowest BCUT2D eigenvalue weighted by molar-refractivity contribution is -0.128. The Morgan fingerprint density at radius 2 is 1.70 bits per heavy atom. The molecule has 21 nitrogen and oxygen atoms in total. The largest absolute Gasteiger partial charge is 0.495 e. The van der Waals surface area contributed by atoms with Crippen molar-refractivity contribution in [3.8, 4) is 17.8 Å². The van der Waals surface area contributed by atoms with Gasteiger partial charge in [0.2, 0.25) is 17.8 Å². The van der Waals surface area contributed by atoms with Crippen LogP contribution in [0.5, 0.6) is 11.8 Å². The van der Waals surface area contributed by atoms with Crippen LogP contribution in [0.4, 0.5) is 34.6 Å². The molecule has 7 heterocycles. The van der Waals surface area contributed by atoms with Crippen molar-refractivity contribution < 1.29 is 33.3 Å². The summed E-state index contributed by atoms with van der Waals surface area (Å²) in [5.41, 5.74) is 4.80. The molecule has 0 radical (unpaired) electrons. The standard InChI is InChI=1S/C64H81ClN14O7/c1-5-53-62(82)74(3)55-39-68-63(71-60(55)79(53)45-14-6-7-15-45)69-51-21-20-44(38-56(51)83-4)61(81)67-27-35-84-36-37-85-48-23-30-75(31-24-48)29-11-19-57(80)78-34-33-77(40-46(78)22-26-66)59-49-25-32-76(54-18-9-13-43-12-8-17-50(65)58(43)54)41-52(49)70-64(72-59)86-42-47-16-10-28-73(47)2/h8-9,11-13,17-21,38-39,45-48,53H,5-7,10,14-16,22-25,27-37,40-42H2,1-4H3,(H,67,81)(H,68,69,71)/b19-11+/t46-,47-,53+/m0/s1. The Kier molecular flexibility index (Phi) is 19.6. The second-order valence-corrected chi connectivity index (χ2v) is 23.8. The van der Waals surface area contributed by atoms with Gasteiger partial charge in [-0.25, -0.2) is 4.98 Å². The number of ether oxygens (including phenoxy) is 4. The maximum Gasteiger partial charge on any atom is 0.318 e. The third-order valence-corrected chi connectivity index (χ3v) is 18.4. The maximum atomic E-state index is 13.9. The average Bonchev–Trinajstić information content (AvgIpc) is 1.42. The molecular formula is C64H81ClN14O7. The van der Waals surface area contributed by atoms with E-state index in [2.05, 4.69) is 77.5 Å². The highest BCUT2D eigenvalue weighted by molar-refractivity contribution is 6.36. The number of nitrogens with zero attached hydrogens (tertiary/aromatic N) is 12. The lowest BCUT2D eigenvalue weighted by atomic mass is 10.0. The topological polar surface area (TPSA) is 210 Å². The van der Waals surface area contributed by atoms with Gasteiger partial charge in [0.25, 0.3) is 5.91 Å². The number of likely N-dealkylation sites (tertiary alicyclic amines) is 2. The molecule has 3 aromatic carbocycles. The van der Waals surface area contributed by atoms with Crippen LogP contribution in [0.3, 0.4) is 0 Å². The van der Waals surface area contributed by atoms with Crippen molar-refractivity contribution >= 4 is 74.7 Å². The van der Waals surface area contributed by atoms with Crippen molar-refractivity contribution in [3.63, 3.8) is 0 Å². The zero-order chi connectivity index (χ0) is 59.7. The number of hydrogen-bond donors (Lipinski definition) is 2. The minimum Gasteiger partial charge on any atom is -0.495 e. The van der Waals surface area contributed by atoms with E-state index in [9.17, 15) is 19.6 Å². The fraction of sp³-hybridized carbons (Fsp3) is 0.531. The fourth-order valence-electron chi connectivity index (χ4n) is 13.3. The van der Waals surface area contributed by atoms with Gasteiger partial charge in [0.15, 0.2) is 5.82 Å². The highest BCUT2D eigenvalue weighted by atomic mass is 35.5. The highest BCUT2D eigenvalue weighted by Gasteiger charge is 2.42. The summed E-state index contributed by atoms with van der Waals surface area (Å²) in [7, 11) is 5.47. The van der Waals surface area contributed by atoms with Crippen LogP contribution in [0.1, 0.15) is 92.7 Å². The van der Waals surface area contributed by atoms with Gasteiger partial charge in [-0.15, -0.1) is 0 Å². The van der Waals surface area contributed by atoms with Gasteiger partial charge in [0.1, 0.15) is 29.9 Å². The molecule has 2 N–H and O–H groups in total. The Hall–Kier alpha value is -7.35. The molecule has 3 amide bonds. The fourth-order valence-corrected chi connectivity index (χ4v) is 13.6. The van der Waals surface area contributed by atoms with Crippen LogP contribution >= 0.6 is 11.6 Å². The van der Waals surface area contributed by atoms with Crippen molar-refractivity contribution in [2.45, 2.75) is 114 Å². The number of fused-ring (bicyclic) bond motifs is 3. The lowest BCUT2D eigenvalue weighted by Gasteiger charge is -2.43. The molecule has 11 rings (SSSR count). The van der Waals surface area contributed by atoms with Crippen LogP contribution in [-0.2, 0) is 32.0 Å². The number of rotatable bonds is 22. The normalized spacial score (nSPS) is 20.6. The van der Waals surface area contributed by atoms with E-state index < -0.39 is 0 Å². The molecule has 86 heavy (non-hydrogen) atoms. The van der Waals surface area contributed by atoms with Crippen LogP contribution in [0.2, 0.25) is 5.02 Å². The Balaban J connectivity index is 0.608. The van der Waals surface area contributed by atoms with Crippen molar-refractivity contribution in [1.82, 2.24) is 40.0 Å². The van der Waals surface area contributed by atoms with Gasteiger partial charge in [-0.3, -0.25) is 19.3 Å². The third kappa shape index (κ3) is 13.6. The monoisotopic (exact) mass is 1190 g/mol. The van der Waals surface area contributed by atoms with E-state index in [-0.39, 0.29) is 48.4 Å². The quantitative estimate of drug-likeness (QED) is 0.0501. The van der Waals surface area contributed by atoms with Crippen LogP contribution < -0.4 is 39.7 Å². The Morgan fingerprint density at radius 3 is 2.48 bits per heavy atom. The summed E-state index contributed by atoms with van der Waals surface area (Å²) in [5, 5.41) is 19.1. The molecule has 0 unspecified atom stereocenters. The number of carbonyl (C=O) groups is 3. The number of methoxy groups -OCH3 is 1. The van der Waals surface area contributed by atoms with E-state index in [1.807, 2.05) is 30.0 Å². The number of nitrogens with one attached hydrogen (secondary N) is 2. The minimum absolute atomic E-state index is 0.0611. The summed E-state index contributed by atoms with van der Waals surface area (Å²) < 4.78 is 24.1. The zero-order valence-corrected chi connectivity index (χ0v) is 50.9. The molecule has 0 spiro atoms. The number of carbonyl (C=O) groups excluding carboxylic acids is 3. The van der Waals surface area contributed by atoms with Gasteiger partial charge in [-0.1, -0.05) is 61.7 Å². The van der Waals surface area contributed by atoms with Crippen molar-refractivity contribution in [3.05, 3.63) is 94.8 Å². The average molecular weight is 1190 g/mol. The number of benzene rings is 3.